The van der Waals surface area contributed by atoms with Crippen molar-refractivity contribution < 1.29 is 24.5 Å². The van der Waals surface area contributed by atoms with Crippen LogP contribution < -0.4 is 5.32 Å². The molecular formula is C58H109NO5. The Morgan fingerprint density at radius 1 is 0.453 bits per heavy atom. The van der Waals surface area contributed by atoms with Crippen molar-refractivity contribution in [3.8, 4) is 0 Å². The molecule has 0 aliphatic carbocycles. The molecule has 6 heteroatoms. The number of rotatable bonds is 51. The van der Waals surface area contributed by atoms with E-state index in [0.29, 0.717) is 19.3 Å². The minimum absolute atomic E-state index is 0.0761. The van der Waals surface area contributed by atoms with Gasteiger partial charge >= 0.3 is 5.97 Å². The molecule has 376 valence electrons. The zero-order chi connectivity index (χ0) is 46.7. The number of ether oxygens (including phenoxy) is 1. The summed E-state index contributed by atoms with van der Waals surface area (Å²) in [6.07, 6.45) is 62.1. The molecule has 0 radical (unpaired) electrons. The van der Waals surface area contributed by atoms with Gasteiger partial charge in [-0.25, -0.2) is 0 Å². The van der Waals surface area contributed by atoms with Gasteiger partial charge in [-0.05, 0) is 64.2 Å². The predicted octanol–water partition coefficient (Wildman–Crippen LogP) is 17.2. The monoisotopic (exact) mass is 900 g/mol. The van der Waals surface area contributed by atoms with E-state index in [0.717, 1.165) is 64.2 Å². The fourth-order valence-corrected chi connectivity index (χ4v) is 8.67. The fraction of sp³-hybridized carbons (Fsp3) is 0.862. The molecule has 0 aromatic rings. The van der Waals surface area contributed by atoms with Crippen LogP contribution in [0.25, 0.3) is 0 Å². The molecule has 0 saturated carbocycles. The summed E-state index contributed by atoms with van der Waals surface area (Å²) in [5.41, 5.74) is 0. The molecule has 3 atom stereocenters. The molecule has 0 aliphatic rings. The summed E-state index contributed by atoms with van der Waals surface area (Å²) in [4.78, 5) is 26.2. The van der Waals surface area contributed by atoms with E-state index in [1.165, 1.54) is 186 Å². The largest absolute Gasteiger partial charge is 0.462 e. The van der Waals surface area contributed by atoms with Gasteiger partial charge in [0.15, 0.2) is 0 Å². The minimum Gasteiger partial charge on any atom is -0.462 e. The Hall–Kier alpha value is -1.92. The average molecular weight is 901 g/mol. The molecule has 0 bridgehead atoms. The normalized spacial score (nSPS) is 13.4. The van der Waals surface area contributed by atoms with Crippen LogP contribution in [0.15, 0.2) is 36.5 Å². The Labute approximate surface area is 398 Å². The number of esters is 1. The third kappa shape index (κ3) is 46.6. The summed E-state index contributed by atoms with van der Waals surface area (Å²) in [7, 11) is 0. The van der Waals surface area contributed by atoms with E-state index in [4.69, 9.17) is 4.74 Å². The van der Waals surface area contributed by atoms with Crippen LogP contribution in [0, 0.1) is 0 Å². The lowest BCUT2D eigenvalue weighted by Gasteiger charge is -2.24. The highest BCUT2D eigenvalue weighted by Crippen LogP contribution is 2.18. The van der Waals surface area contributed by atoms with Crippen molar-refractivity contribution in [2.45, 2.75) is 315 Å². The van der Waals surface area contributed by atoms with Gasteiger partial charge in [-0.3, -0.25) is 9.59 Å². The number of carbonyl (C=O) groups is 2. The van der Waals surface area contributed by atoms with Crippen LogP contribution in [0.2, 0.25) is 0 Å². The van der Waals surface area contributed by atoms with Crippen LogP contribution in [-0.4, -0.2) is 46.9 Å². The molecule has 0 heterocycles. The molecule has 3 N–H and O–H groups in total. The maximum atomic E-state index is 13.2. The van der Waals surface area contributed by atoms with Crippen molar-refractivity contribution in [2.24, 2.45) is 0 Å². The van der Waals surface area contributed by atoms with Gasteiger partial charge in [0.2, 0.25) is 5.91 Å². The summed E-state index contributed by atoms with van der Waals surface area (Å²) in [6, 6.07) is -0.701. The van der Waals surface area contributed by atoms with Crippen molar-refractivity contribution in [3.63, 3.8) is 0 Å². The van der Waals surface area contributed by atoms with Crippen molar-refractivity contribution >= 4 is 11.9 Å². The molecular weight excluding hydrogens is 791 g/mol. The zero-order valence-electron chi connectivity index (χ0n) is 42.9. The molecule has 64 heavy (non-hydrogen) atoms. The van der Waals surface area contributed by atoms with Crippen molar-refractivity contribution in [1.82, 2.24) is 5.32 Å². The number of aliphatic hydroxyl groups excluding tert-OH is 2. The molecule has 3 unspecified atom stereocenters. The lowest BCUT2D eigenvalue weighted by molar-refractivity contribution is -0.151. The summed E-state index contributed by atoms with van der Waals surface area (Å²) in [6.45, 7) is 6.47. The number of hydrogen-bond donors (Lipinski definition) is 3. The second-order valence-electron chi connectivity index (χ2n) is 19.3. The van der Waals surface area contributed by atoms with Gasteiger partial charge in [-0.2, -0.15) is 0 Å². The van der Waals surface area contributed by atoms with Crippen LogP contribution in [0.1, 0.15) is 297 Å². The first-order valence-electron chi connectivity index (χ1n) is 28.2. The van der Waals surface area contributed by atoms with Crippen LogP contribution in [0.5, 0.6) is 0 Å². The first-order valence-corrected chi connectivity index (χ1v) is 28.2. The molecule has 1 amide bonds. The smallest absolute Gasteiger partial charge is 0.306 e. The fourth-order valence-electron chi connectivity index (χ4n) is 8.67. The van der Waals surface area contributed by atoms with Crippen molar-refractivity contribution in [1.29, 1.82) is 0 Å². The van der Waals surface area contributed by atoms with Crippen molar-refractivity contribution in [2.75, 3.05) is 6.61 Å². The van der Waals surface area contributed by atoms with Crippen LogP contribution in [0.4, 0.5) is 0 Å². The lowest BCUT2D eigenvalue weighted by Crippen LogP contribution is -2.46. The van der Waals surface area contributed by atoms with Crippen molar-refractivity contribution in [3.05, 3.63) is 36.5 Å². The predicted molar refractivity (Wildman–Crippen MR) is 278 cm³/mol. The van der Waals surface area contributed by atoms with Crippen LogP contribution >= 0.6 is 0 Å². The summed E-state index contributed by atoms with van der Waals surface area (Å²) >= 11 is 0. The van der Waals surface area contributed by atoms with Gasteiger partial charge in [0.1, 0.15) is 6.10 Å². The Kier molecular flexibility index (Phi) is 50.5. The summed E-state index contributed by atoms with van der Waals surface area (Å²) in [5, 5.41) is 23.8. The SMILES string of the molecule is CCCCC/C=C\C/C=C\C/C=C\CCCCCCCCC(=O)OC(CCCCCCCCCCCC)CC(=O)NC(CO)C(O)CCCCCCCCCCCCCCCCCC. The van der Waals surface area contributed by atoms with Gasteiger partial charge in [-0.1, -0.05) is 256 Å². The maximum Gasteiger partial charge on any atom is 0.306 e. The minimum atomic E-state index is -0.787. The number of aliphatic hydroxyl groups is 2. The Morgan fingerprint density at radius 3 is 1.23 bits per heavy atom. The summed E-state index contributed by atoms with van der Waals surface area (Å²) in [5.74, 6) is -0.475. The highest BCUT2D eigenvalue weighted by Gasteiger charge is 2.24. The molecule has 0 spiro atoms. The molecule has 0 aromatic carbocycles. The number of unbranched alkanes of at least 4 members (excludes halogenated alkanes) is 33. The maximum absolute atomic E-state index is 13.2. The van der Waals surface area contributed by atoms with Gasteiger partial charge in [0.05, 0.1) is 25.2 Å². The highest BCUT2D eigenvalue weighted by molar-refractivity contribution is 5.77. The Balaban J connectivity index is 4.44. The van der Waals surface area contributed by atoms with Gasteiger partial charge in [-0.15, -0.1) is 0 Å². The average Bonchev–Trinajstić information content (AvgIpc) is 3.29. The number of amides is 1. The highest BCUT2D eigenvalue weighted by atomic mass is 16.5. The number of nitrogens with one attached hydrogen (secondary N) is 1. The Bertz CT molecular complexity index is 1060. The second-order valence-corrected chi connectivity index (χ2v) is 19.3. The van der Waals surface area contributed by atoms with E-state index >= 15 is 0 Å². The number of carbonyl (C=O) groups excluding carboxylic acids is 2. The van der Waals surface area contributed by atoms with E-state index < -0.39 is 18.2 Å². The quantitative estimate of drug-likeness (QED) is 0.0321. The molecule has 6 nitrogen and oxygen atoms in total. The van der Waals surface area contributed by atoms with E-state index in [1.807, 2.05) is 0 Å². The van der Waals surface area contributed by atoms with E-state index in [-0.39, 0.29) is 24.9 Å². The molecule has 0 aromatic heterocycles. The topological polar surface area (TPSA) is 95.9 Å². The van der Waals surface area contributed by atoms with E-state index in [9.17, 15) is 19.8 Å². The number of allylic oxidation sites excluding steroid dienone is 6. The zero-order valence-corrected chi connectivity index (χ0v) is 42.9. The first-order chi connectivity index (χ1) is 31.5. The van der Waals surface area contributed by atoms with E-state index in [1.54, 1.807) is 0 Å². The van der Waals surface area contributed by atoms with Crippen LogP contribution in [0.3, 0.4) is 0 Å². The van der Waals surface area contributed by atoms with E-state index in [2.05, 4.69) is 62.5 Å². The van der Waals surface area contributed by atoms with Gasteiger partial charge in [0.25, 0.3) is 0 Å². The van der Waals surface area contributed by atoms with Gasteiger partial charge in [0, 0.05) is 6.42 Å². The molecule has 0 fully saturated rings. The standard InChI is InChI=1S/C58H109NO5/c1-4-7-10-13-16-19-22-24-26-28-29-30-32-34-36-39-42-45-48-51-58(63)64-54(49-46-43-40-37-21-18-15-12-9-6-3)52-57(62)59-55(53-60)56(61)50-47-44-41-38-35-33-31-27-25-23-20-17-14-11-8-5-2/h16,19,24,26,29-30,54-56,60-61H,4-15,17-18,20-23,25,27-28,31-53H2,1-3H3,(H,59,62)/b19-16-,26-24-,30-29-. The van der Waals surface area contributed by atoms with Crippen LogP contribution in [-0.2, 0) is 14.3 Å². The third-order valence-electron chi connectivity index (χ3n) is 13.0. The first kappa shape index (κ1) is 62.1. The second kappa shape index (κ2) is 52.1. The van der Waals surface area contributed by atoms with Gasteiger partial charge < -0.3 is 20.3 Å². The Morgan fingerprint density at radius 2 is 0.797 bits per heavy atom. The molecule has 0 aliphatic heterocycles. The molecule has 0 saturated heterocycles. The molecule has 0 rings (SSSR count). The third-order valence-corrected chi connectivity index (χ3v) is 13.0. The summed E-state index contributed by atoms with van der Waals surface area (Å²) < 4.78 is 5.94. The number of hydrogen-bond acceptors (Lipinski definition) is 5. The lowest BCUT2D eigenvalue weighted by atomic mass is 10.0.